The first kappa shape index (κ1) is 12.0. The largest absolute Gasteiger partial charge is 0.323 e. The van der Waals surface area contributed by atoms with E-state index in [1.165, 1.54) is 0 Å². The molecule has 2 nitrogen and oxygen atoms in total. The average Bonchev–Trinajstić information content (AvgIpc) is 2.20. The molecule has 1 aromatic rings. The van der Waals surface area contributed by atoms with Crippen molar-refractivity contribution < 1.29 is 18.0 Å². The Morgan fingerprint density at radius 1 is 1.27 bits per heavy atom. The summed E-state index contributed by atoms with van der Waals surface area (Å²) in [7, 11) is 0. The molecule has 1 N–H and O–H groups in total. The van der Waals surface area contributed by atoms with Crippen molar-refractivity contribution >= 4 is 27.5 Å². The Kier molecular flexibility index (Phi) is 4.14. The fourth-order valence-electron chi connectivity index (χ4n) is 0.921. The van der Waals surface area contributed by atoms with Crippen LogP contribution < -0.4 is 5.32 Å². The van der Waals surface area contributed by atoms with E-state index in [0.29, 0.717) is 5.33 Å². The van der Waals surface area contributed by atoms with E-state index >= 15 is 0 Å². The number of carbonyl (C=O) groups excluding carboxylic acids is 1. The third-order valence-corrected chi connectivity index (χ3v) is 2.03. The Morgan fingerprint density at radius 2 is 1.93 bits per heavy atom. The van der Waals surface area contributed by atoms with Gasteiger partial charge in [-0.2, -0.15) is 0 Å². The van der Waals surface area contributed by atoms with Gasteiger partial charge in [0.15, 0.2) is 17.5 Å². The Morgan fingerprint density at radius 3 is 2.53 bits per heavy atom. The molecule has 1 amide bonds. The SMILES string of the molecule is O=C(CCBr)Nc1ccc(F)c(F)c1F. The van der Waals surface area contributed by atoms with Crippen molar-refractivity contribution in [2.75, 3.05) is 10.6 Å². The van der Waals surface area contributed by atoms with Crippen molar-refractivity contribution in [1.29, 1.82) is 0 Å². The topological polar surface area (TPSA) is 29.1 Å². The highest BCUT2D eigenvalue weighted by Gasteiger charge is 2.14. The summed E-state index contributed by atoms with van der Waals surface area (Å²) in [6.45, 7) is 0. The molecule has 0 unspecified atom stereocenters. The van der Waals surface area contributed by atoms with E-state index in [4.69, 9.17) is 0 Å². The molecule has 0 aromatic heterocycles. The van der Waals surface area contributed by atoms with Gasteiger partial charge in [-0.15, -0.1) is 0 Å². The zero-order chi connectivity index (χ0) is 11.4. The number of halogens is 4. The molecule has 0 bridgehead atoms. The summed E-state index contributed by atoms with van der Waals surface area (Å²) < 4.78 is 38.2. The molecular formula is C9H7BrF3NO. The first-order valence-corrected chi connectivity index (χ1v) is 5.17. The molecule has 0 heterocycles. The first-order chi connectivity index (χ1) is 7.06. The second kappa shape index (κ2) is 5.16. The quantitative estimate of drug-likeness (QED) is 0.670. The van der Waals surface area contributed by atoms with E-state index in [1.807, 2.05) is 0 Å². The Labute approximate surface area is 92.6 Å². The fourth-order valence-corrected chi connectivity index (χ4v) is 1.28. The van der Waals surface area contributed by atoms with Crippen LogP contribution in [0.1, 0.15) is 6.42 Å². The standard InChI is InChI=1S/C9H7BrF3NO/c10-4-3-7(15)14-6-2-1-5(11)8(12)9(6)13/h1-2H,3-4H2,(H,14,15). The molecule has 6 heteroatoms. The summed E-state index contributed by atoms with van der Waals surface area (Å²) in [5.41, 5.74) is -0.361. The predicted octanol–water partition coefficient (Wildman–Crippen LogP) is 2.83. The maximum atomic E-state index is 13.0. The van der Waals surface area contributed by atoms with Gasteiger partial charge in [0.2, 0.25) is 5.91 Å². The van der Waals surface area contributed by atoms with Gasteiger partial charge < -0.3 is 5.32 Å². The number of hydrogen-bond acceptors (Lipinski definition) is 1. The third-order valence-electron chi connectivity index (χ3n) is 1.63. The van der Waals surface area contributed by atoms with Crippen molar-refractivity contribution in [3.05, 3.63) is 29.6 Å². The van der Waals surface area contributed by atoms with Crippen LogP contribution in [0.15, 0.2) is 12.1 Å². The molecule has 0 aliphatic rings. The fraction of sp³-hybridized carbons (Fsp3) is 0.222. The smallest absolute Gasteiger partial charge is 0.225 e. The number of alkyl halides is 1. The van der Waals surface area contributed by atoms with Crippen molar-refractivity contribution in [3.63, 3.8) is 0 Å². The predicted molar refractivity (Wildman–Crippen MR) is 53.4 cm³/mol. The maximum Gasteiger partial charge on any atom is 0.225 e. The van der Waals surface area contributed by atoms with Crippen LogP contribution in [0.4, 0.5) is 18.9 Å². The van der Waals surface area contributed by atoms with Crippen molar-refractivity contribution in [2.24, 2.45) is 0 Å². The molecule has 0 spiro atoms. The number of nitrogens with one attached hydrogen (secondary N) is 1. The Bertz CT molecular complexity index is 384. The molecule has 82 valence electrons. The van der Waals surface area contributed by atoms with Gasteiger partial charge in [0, 0.05) is 11.8 Å². The highest BCUT2D eigenvalue weighted by molar-refractivity contribution is 9.09. The molecule has 1 aromatic carbocycles. The Balaban J connectivity index is 2.87. The molecule has 0 saturated heterocycles. The zero-order valence-corrected chi connectivity index (χ0v) is 9.08. The molecule has 15 heavy (non-hydrogen) atoms. The lowest BCUT2D eigenvalue weighted by molar-refractivity contribution is -0.115. The molecule has 0 saturated carbocycles. The van der Waals surface area contributed by atoms with Crippen molar-refractivity contribution in [3.8, 4) is 0 Å². The summed E-state index contributed by atoms with van der Waals surface area (Å²) in [4.78, 5) is 11.0. The minimum atomic E-state index is -1.59. The van der Waals surface area contributed by atoms with Crippen LogP contribution >= 0.6 is 15.9 Å². The minimum absolute atomic E-state index is 0.123. The van der Waals surface area contributed by atoms with E-state index in [-0.39, 0.29) is 12.1 Å². The van der Waals surface area contributed by atoms with Crippen LogP contribution in [0.25, 0.3) is 0 Å². The van der Waals surface area contributed by atoms with Gasteiger partial charge >= 0.3 is 0 Å². The highest BCUT2D eigenvalue weighted by Crippen LogP contribution is 2.19. The summed E-state index contributed by atoms with van der Waals surface area (Å²) in [6, 6.07) is 1.72. The number of hydrogen-bond donors (Lipinski definition) is 1. The van der Waals surface area contributed by atoms with E-state index in [2.05, 4.69) is 21.2 Å². The monoisotopic (exact) mass is 281 g/mol. The molecule has 0 radical (unpaired) electrons. The summed E-state index contributed by atoms with van der Waals surface area (Å²) >= 11 is 3.02. The van der Waals surface area contributed by atoms with Crippen molar-refractivity contribution in [2.45, 2.75) is 6.42 Å². The van der Waals surface area contributed by atoms with Crippen molar-refractivity contribution in [1.82, 2.24) is 0 Å². The highest BCUT2D eigenvalue weighted by atomic mass is 79.9. The van der Waals surface area contributed by atoms with Crippen LogP contribution in [0.5, 0.6) is 0 Å². The molecule has 0 aliphatic carbocycles. The van der Waals surface area contributed by atoms with E-state index in [0.717, 1.165) is 12.1 Å². The lowest BCUT2D eigenvalue weighted by atomic mass is 10.2. The number of carbonyl (C=O) groups is 1. The van der Waals surface area contributed by atoms with Crippen LogP contribution in [-0.4, -0.2) is 11.2 Å². The summed E-state index contributed by atoms with van der Waals surface area (Å²) in [6.07, 6.45) is 0.123. The lowest BCUT2D eigenvalue weighted by Crippen LogP contribution is -2.13. The molecule has 0 aliphatic heterocycles. The van der Waals surface area contributed by atoms with Gasteiger partial charge in [-0.25, -0.2) is 13.2 Å². The summed E-state index contributed by atoms with van der Waals surface area (Å²) in [5.74, 6) is -4.74. The second-order valence-corrected chi connectivity index (χ2v) is 3.50. The van der Waals surface area contributed by atoms with Crippen LogP contribution in [0.3, 0.4) is 0 Å². The van der Waals surface area contributed by atoms with E-state index in [9.17, 15) is 18.0 Å². The number of anilines is 1. The molecule has 0 atom stereocenters. The maximum absolute atomic E-state index is 13.0. The normalized spacial score (nSPS) is 10.1. The van der Waals surface area contributed by atoms with Crippen LogP contribution in [-0.2, 0) is 4.79 Å². The van der Waals surface area contributed by atoms with Gasteiger partial charge in [0.25, 0.3) is 0 Å². The minimum Gasteiger partial charge on any atom is -0.323 e. The Hall–Kier alpha value is -1.04. The van der Waals surface area contributed by atoms with E-state index in [1.54, 1.807) is 0 Å². The second-order valence-electron chi connectivity index (χ2n) is 2.71. The van der Waals surface area contributed by atoms with Gasteiger partial charge in [0.05, 0.1) is 5.69 Å². The van der Waals surface area contributed by atoms with E-state index < -0.39 is 23.4 Å². The van der Waals surface area contributed by atoms with Gasteiger partial charge in [-0.1, -0.05) is 15.9 Å². The number of rotatable bonds is 3. The summed E-state index contributed by atoms with van der Waals surface area (Å²) in [5, 5.41) is 2.54. The lowest BCUT2D eigenvalue weighted by Gasteiger charge is -2.05. The molecular weight excluding hydrogens is 275 g/mol. The van der Waals surface area contributed by atoms with Crippen LogP contribution in [0.2, 0.25) is 0 Å². The first-order valence-electron chi connectivity index (χ1n) is 4.05. The van der Waals surface area contributed by atoms with Crippen LogP contribution in [0, 0.1) is 17.5 Å². The zero-order valence-electron chi connectivity index (χ0n) is 7.49. The van der Waals surface area contributed by atoms with Gasteiger partial charge in [0.1, 0.15) is 0 Å². The molecule has 0 fully saturated rings. The number of benzene rings is 1. The average molecular weight is 282 g/mol. The number of amides is 1. The van der Waals surface area contributed by atoms with Gasteiger partial charge in [-0.3, -0.25) is 4.79 Å². The third kappa shape index (κ3) is 2.95. The molecule has 1 rings (SSSR count). The van der Waals surface area contributed by atoms with Gasteiger partial charge in [-0.05, 0) is 12.1 Å².